The molecule has 0 heterocycles. The van der Waals surface area contributed by atoms with Crippen molar-refractivity contribution in [2.45, 2.75) is 233 Å². The molecular weight excluding hydrogens is 745 g/mol. The first-order chi connectivity index (χ1) is 29.4. The molecule has 0 saturated carbocycles. The normalized spacial score (nSPS) is 11.8. The maximum absolute atomic E-state index is 12.4. The summed E-state index contributed by atoms with van der Waals surface area (Å²) in [4.78, 5) is 34.8. The van der Waals surface area contributed by atoms with Crippen molar-refractivity contribution in [2.24, 2.45) is 0 Å². The Morgan fingerprint density at radius 2 is 0.550 bits per heavy atom. The molecule has 0 saturated heterocycles. The largest absolute Gasteiger partial charge is 0.464 e. The van der Waals surface area contributed by atoms with Gasteiger partial charge in [-0.3, -0.25) is 19.4 Å². The molecule has 0 spiro atoms. The molecule has 358 valence electrons. The predicted molar refractivity (Wildman–Crippen MR) is 260 cm³/mol. The lowest BCUT2D eigenvalue weighted by atomic mass is 10.1. The Morgan fingerprint density at radius 3 is 0.833 bits per heavy atom. The lowest BCUT2D eigenvalue weighted by Gasteiger charge is -2.24. The van der Waals surface area contributed by atoms with E-state index in [1.165, 1.54) is 180 Å². The van der Waals surface area contributed by atoms with Gasteiger partial charge in [0, 0.05) is 39.0 Å². The van der Waals surface area contributed by atoms with Crippen molar-refractivity contribution < 1.29 is 19.1 Å². The molecule has 0 aliphatic rings. The zero-order valence-corrected chi connectivity index (χ0v) is 41.5. The first kappa shape index (κ1) is 58.8. The Bertz CT molecular complexity index is 802. The fraction of sp³-hybridized carbons (Fsp3) is 0.962. The molecule has 60 heavy (non-hydrogen) atoms. The second kappa shape index (κ2) is 47.3. The van der Waals surface area contributed by atoms with Crippen LogP contribution in [0.4, 0.5) is 0 Å². The molecule has 0 aliphatic heterocycles. The minimum Gasteiger partial charge on any atom is -0.464 e. The van der Waals surface area contributed by atoms with Gasteiger partial charge < -0.3 is 19.3 Å². The monoisotopic (exact) mass is 851 g/mol. The summed E-state index contributed by atoms with van der Waals surface area (Å²) in [6, 6.07) is 0. The molecule has 0 radical (unpaired) electrons. The highest BCUT2D eigenvalue weighted by Crippen LogP contribution is 2.13. The third-order valence-electron chi connectivity index (χ3n) is 12.2. The number of unbranched alkanes of at least 4 members (excludes halogenated alkanes) is 24. The van der Waals surface area contributed by atoms with Crippen LogP contribution < -0.4 is 0 Å². The number of likely N-dealkylation sites (N-methyl/N-ethyl adjacent to an activating group) is 1. The van der Waals surface area contributed by atoms with Crippen molar-refractivity contribution in [1.82, 2.24) is 19.6 Å². The van der Waals surface area contributed by atoms with Crippen LogP contribution in [0.5, 0.6) is 0 Å². The lowest BCUT2D eigenvalue weighted by molar-refractivity contribution is -0.145. The zero-order chi connectivity index (χ0) is 44.0. The highest BCUT2D eigenvalue weighted by Gasteiger charge is 2.10. The zero-order valence-electron chi connectivity index (χ0n) is 41.5. The number of esters is 2. The molecular formula is C52H106N4O4. The van der Waals surface area contributed by atoms with Crippen LogP contribution in [0.15, 0.2) is 0 Å². The molecule has 0 fully saturated rings. The summed E-state index contributed by atoms with van der Waals surface area (Å²) in [5.74, 6) is -0.0135. The quantitative estimate of drug-likeness (QED) is 0.0443. The van der Waals surface area contributed by atoms with Crippen molar-refractivity contribution in [3.63, 3.8) is 0 Å². The summed E-state index contributed by atoms with van der Waals surface area (Å²) < 4.78 is 11.3. The summed E-state index contributed by atoms with van der Waals surface area (Å²) in [5.41, 5.74) is 0. The Hall–Kier alpha value is -1.22. The van der Waals surface area contributed by atoms with E-state index < -0.39 is 0 Å². The molecule has 0 unspecified atom stereocenters. The highest BCUT2D eigenvalue weighted by atomic mass is 16.5. The second-order valence-corrected chi connectivity index (χ2v) is 18.5. The number of carbonyl (C=O) groups is 2. The van der Waals surface area contributed by atoms with Gasteiger partial charge in [0.2, 0.25) is 0 Å². The molecule has 8 heteroatoms. The van der Waals surface area contributed by atoms with E-state index in [9.17, 15) is 9.59 Å². The SMILES string of the molecule is CCCCCCN(CCCCCC)CCOC(=O)CCCCCCCCCN(CCCCCCCCCC(=O)OCCN(CCCCCC)CCCCCC)CCN(C)C. The number of hydrogen-bond acceptors (Lipinski definition) is 8. The number of carbonyl (C=O) groups excluding carboxylic acids is 2. The van der Waals surface area contributed by atoms with Crippen molar-refractivity contribution in [3.05, 3.63) is 0 Å². The van der Waals surface area contributed by atoms with Crippen LogP contribution in [0, 0.1) is 0 Å². The van der Waals surface area contributed by atoms with Crippen LogP contribution in [0.2, 0.25) is 0 Å². The van der Waals surface area contributed by atoms with Crippen LogP contribution in [-0.2, 0) is 19.1 Å². The fourth-order valence-electron chi connectivity index (χ4n) is 8.10. The van der Waals surface area contributed by atoms with E-state index in [1.807, 2.05) is 0 Å². The topological polar surface area (TPSA) is 65.6 Å². The van der Waals surface area contributed by atoms with Crippen molar-refractivity contribution in [1.29, 1.82) is 0 Å². The van der Waals surface area contributed by atoms with E-state index in [2.05, 4.69) is 61.4 Å². The van der Waals surface area contributed by atoms with E-state index in [0.29, 0.717) is 26.1 Å². The Balaban J connectivity index is 4.00. The van der Waals surface area contributed by atoms with Crippen LogP contribution in [0.25, 0.3) is 0 Å². The molecule has 8 nitrogen and oxygen atoms in total. The highest BCUT2D eigenvalue weighted by molar-refractivity contribution is 5.69. The van der Waals surface area contributed by atoms with Crippen LogP contribution in [0.3, 0.4) is 0 Å². The summed E-state index contributed by atoms with van der Waals surface area (Å²) in [7, 11) is 4.36. The molecule has 0 atom stereocenters. The molecule has 0 N–H and O–H groups in total. The van der Waals surface area contributed by atoms with Crippen LogP contribution in [-0.4, -0.2) is 124 Å². The fourth-order valence-corrected chi connectivity index (χ4v) is 8.10. The Morgan fingerprint density at radius 1 is 0.300 bits per heavy atom. The number of nitrogens with zero attached hydrogens (tertiary/aromatic N) is 4. The maximum atomic E-state index is 12.4. The van der Waals surface area contributed by atoms with Gasteiger partial charge in [-0.2, -0.15) is 0 Å². The molecule has 0 aliphatic carbocycles. The number of rotatable bonds is 49. The van der Waals surface area contributed by atoms with Gasteiger partial charge in [-0.15, -0.1) is 0 Å². The lowest BCUT2D eigenvalue weighted by Crippen LogP contribution is -2.33. The van der Waals surface area contributed by atoms with E-state index in [0.717, 1.165) is 78.0 Å². The minimum atomic E-state index is -0.00677. The molecule has 0 amide bonds. The number of ether oxygens (including phenoxy) is 2. The molecule has 0 aromatic heterocycles. The van der Waals surface area contributed by atoms with Gasteiger partial charge >= 0.3 is 11.9 Å². The van der Waals surface area contributed by atoms with E-state index in [-0.39, 0.29) is 11.9 Å². The Labute approximate surface area is 375 Å². The molecule has 0 bridgehead atoms. The minimum absolute atomic E-state index is 0.00677. The second-order valence-electron chi connectivity index (χ2n) is 18.5. The van der Waals surface area contributed by atoms with E-state index >= 15 is 0 Å². The Kier molecular flexibility index (Phi) is 46.3. The van der Waals surface area contributed by atoms with E-state index in [1.54, 1.807) is 0 Å². The summed E-state index contributed by atoms with van der Waals surface area (Å²) >= 11 is 0. The van der Waals surface area contributed by atoms with Crippen LogP contribution in [0.1, 0.15) is 233 Å². The average Bonchev–Trinajstić information content (AvgIpc) is 3.23. The van der Waals surface area contributed by atoms with Crippen molar-refractivity contribution in [3.8, 4) is 0 Å². The third-order valence-corrected chi connectivity index (χ3v) is 12.2. The summed E-state index contributed by atoms with van der Waals surface area (Å²) in [5, 5.41) is 0. The van der Waals surface area contributed by atoms with E-state index in [4.69, 9.17) is 9.47 Å². The van der Waals surface area contributed by atoms with Gasteiger partial charge in [-0.25, -0.2) is 0 Å². The standard InChI is InChI=1S/C52H106N4O4/c1-7-11-15-31-41-55(42-32-16-12-8-2)47-49-59-51(57)37-29-25-21-19-23-27-35-39-54(46-45-53(5)6)40-36-28-24-20-22-26-30-38-52(58)60-50-48-56(43-33-17-13-9-3)44-34-18-14-10-4/h7-50H2,1-6H3. The van der Waals surface area contributed by atoms with Gasteiger partial charge in [-0.1, -0.05) is 169 Å². The van der Waals surface area contributed by atoms with Gasteiger partial charge in [0.05, 0.1) is 0 Å². The maximum Gasteiger partial charge on any atom is 0.305 e. The summed E-state index contributed by atoms with van der Waals surface area (Å²) in [6.07, 6.45) is 38.7. The average molecular weight is 851 g/mol. The van der Waals surface area contributed by atoms with Gasteiger partial charge in [-0.05, 0) is 105 Å². The van der Waals surface area contributed by atoms with Crippen LogP contribution >= 0.6 is 0 Å². The number of hydrogen-bond donors (Lipinski definition) is 0. The van der Waals surface area contributed by atoms with Gasteiger partial charge in [0.25, 0.3) is 0 Å². The summed E-state index contributed by atoms with van der Waals surface area (Å²) in [6.45, 7) is 21.2. The smallest absolute Gasteiger partial charge is 0.305 e. The third kappa shape index (κ3) is 43.4. The first-order valence-corrected chi connectivity index (χ1v) is 26.5. The predicted octanol–water partition coefficient (Wildman–Crippen LogP) is 13.1. The molecule has 0 rings (SSSR count). The first-order valence-electron chi connectivity index (χ1n) is 26.5. The van der Waals surface area contributed by atoms with Gasteiger partial charge in [0.15, 0.2) is 0 Å². The molecule has 0 aromatic carbocycles. The van der Waals surface area contributed by atoms with Crippen molar-refractivity contribution in [2.75, 3.05) is 92.8 Å². The van der Waals surface area contributed by atoms with Gasteiger partial charge in [0.1, 0.15) is 13.2 Å². The van der Waals surface area contributed by atoms with Crippen molar-refractivity contribution >= 4 is 11.9 Å². The molecule has 0 aromatic rings.